The smallest absolute Gasteiger partial charge is 0.337 e. The van der Waals surface area contributed by atoms with Crippen LogP contribution in [0.3, 0.4) is 0 Å². The van der Waals surface area contributed by atoms with Crippen LogP contribution < -0.4 is 0 Å². The van der Waals surface area contributed by atoms with Crippen molar-refractivity contribution in [1.29, 1.82) is 0 Å². The Labute approximate surface area is 103 Å². The standard InChI is InChI=1S/C12H14O6/c1-6-3-4-7(11(15)16)8(5-6)9(13)10(14)12(17)18-2/h3-5,9-10,13-14H,1-2H3,(H,15,16). The van der Waals surface area contributed by atoms with Crippen LogP contribution in [0.2, 0.25) is 0 Å². The van der Waals surface area contributed by atoms with Crippen LogP contribution in [0, 0.1) is 6.92 Å². The number of esters is 1. The van der Waals surface area contributed by atoms with Gasteiger partial charge in [-0.05, 0) is 18.6 Å². The number of carboxylic acid groups (broad SMARTS) is 1. The molecule has 0 amide bonds. The first-order valence-corrected chi connectivity index (χ1v) is 5.16. The molecule has 0 aliphatic rings. The molecule has 1 aromatic carbocycles. The van der Waals surface area contributed by atoms with Gasteiger partial charge in [0.05, 0.1) is 12.7 Å². The van der Waals surface area contributed by atoms with Crippen LogP contribution in [0.15, 0.2) is 18.2 Å². The maximum Gasteiger partial charge on any atom is 0.337 e. The lowest BCUT2D eigenvalue weighted by molar-refractivity contribution is -0.156. The van der Waals surface area contributed by atoms with Gasteiger partial charge in [-0.3, -0.25) is 0 Å². The van der Waals surface area contributed by atoms with Crippen molar-refractivity contribution in [3.8, 4) is 0 Å². The van der Waals surface area contributed by atoms with Crippen molar-refractivity contribution in [2.75, 3.05) is 7.11 Å². The quantitative estimate of drug-likeness (QED) is 0.666. The average Bonchev–Trinajstić information content (AvgIpc) is 2.35. The van der Waals surface area contributed by atoms with Gasteiger partial charge >= 0.3 is 11.9 Å². The zero-order chi connectivity index (χ0) is 13.9. The third-order valence-corrected chi connectivity index (χ3v) is 2.50. The molecule has 18 heavy (non-hydrogen) atoms. The van der Waals surface area contributed by atoms with Gasteiger partial charge in [0.2, 0.25) is 0 Å². The third-order valence-electron chi connectivity index (χ3n) is 2.50. The number of aliphatic hydroxyl groups excluding tert-OH is 2. The molecular weight excluding hydrogens is 240 g/mol. The number of aromatic carboxylic acids is 1. The number of hydrogen-bond donors (Lipinski definition) is 3. The average molecular weight is 254 g/mol. The van der Waals surface area contributed by atoms with E-state index in [0.717, 1.165) is 7.11 Å². The number of ether oxygens (including phenoxy) is 1. The summed E-state index contributed by atoms with van der Waals surface area (Å²) in [5.74, 6) is -2.28. The molecule has 0 bridgehead atoms. The summed E-state index contributed by atoms with van der Waals surface area (Å²) in [5.41, 5.74) is 0.502. The number of aliphatic hydroxyl groups is 2. The number of hydrogen-bond acceptors (Lipinski definition) is 5. The highest BCUT2D eigenvalue weighted by molar-refractivity contribution is 5.90. The second-order valence-electron chi connectivity index (χ2n) is 3.81. The summed E-state index contributed by atoms with van der Waals surface area (Å²) in [4.78, 5) is 22.1. The van der Waals surface area contributed by atoms with E-state index in [1.807, 2.05) is 0 Å². The molecule has 1 aromatic rings. The Balaban J connectivity index is 3.18. The second kappa shape index (κ2) is 5.61. The van der Waals surface area contributed by atoms with Crippen molar-refractivity contribution >= 4 is 11.9 Å². The van der Waals surface area contributed by atoms with Gasteiger partial charge < -0.3 is 20.1 Å². The number of aryl methyl sites for hydroxylation is 1. The molecule has 0 radical (unpaired) electrons. The summed E-state index contributed by atoms with van der Waals surface area (Å²) < 4.78 is 4.29. The third kappa shape index (κ3) is 2.85. The topological polar surface area (TPSA) is 104 Å². The molecule has 0 aliphatic carbocycles. The molecule has 0 spiro atoms. The maximum absolute atomic E-state index is 11.1. The Kier molecular flexibility index (Phi) is 4.41. The first kappa shape index (κ1) is 14.1. The Morgan fingerprint density at radius 1 is 1.28 bits per heavy atom. The molecule has 0 saturated carbocycles. The van der Waals surface area contributed by atoms with Crippen LogP contribution in [0.25, 0.3) is 0 Å². The summed E-state index contributed by atoms with van der Waals surface area (Å²) in [5, 5.41) is 28.3. The van der Waals surface area contributed by atoms with Gasteiger partial charge in [0.1, 0.15) is 6.10 Å². The molecule has 3 N–H and O–H groups in total. The van der Waals surface area contributed by atoms with E-state index in [4.69, 9.17) is 5.11 Å². The molecule has 98 valence electrons. The van der Waals surface area contributed by atoms with Crippen molar-refractivity contribution in [2.45, 2.75) is 19.1 Å². The van der Waals surface area contributed by atoms with Crippen molar-refractivity contribution in [3.05, 3.63) is 34.9 Å². The summed E-state index contributed by atoms with van der Waals surface area (Å²) in [7, 11) is 1.06. The van der Waals surface area contributed by atoms with Crippen LogP contribution in [0.5, 0.6) is 0 Å². The number of benzene rings is 1. The highest BCUT2D eigenvalue weighted by Gasteiger charge is 2.29. The van der Waals surface area contributed by atoms with Gasteiger partial charge in [0.25, 0.3) is 0 Å². The summed E-state index contributed by atoms with van der Waals surface area (Å²) in [6.45, 7) is 1.70. The minimum Gasteiger partial charge on any atom is -0.478 e. The first-order chi connectivity index (χ1) is 8.38. The first-order valence-electron chi connectivity index (χ1n) is 5.16. The minimum atomic E-state index is -1.82. The predicted molar refractivity (Wildman–Crippen MR) is 61.1 cm³/mol. The number of rotatable bonds is 4. The Bertz CT molecular complexity index is 468. The lowest BCUT2D eigenvalue weighted by atomic mass is 9.96. The molecule has 0 fully saturated rings. The van der Waals surface area contributed by atoms with Gasteiger partial charge in [0, 0.05) is 0 Å². The Morgan fingerprint density at radius 2 is 1.89 bits per heavy atom. The second-order valence-corrected chi connectivity index (χ2v) is 3.81. The molecule has 2 unspecified atom stereocenters. The fourth-order valence-electron chi connectivity index (χ4n) is 1.54. The summed E-state index contributed by atoms with van der Waals surface area (Å²) >= 11 is 0. The molecular formula is C12H14O6. The van der Waals surface area contributed by atoms with E-state index in [1.54, 1.807) is 13.0 Å². The number of carbonyl (C=O) groups excluding carboxylic acids is 1. The largest absolute Gasteiger partial charge is 0.478 e. The molecule has 1 rings (SSSR count). The fourth-order valence-corrected chi connectivity index (χ4v) is 1.54. The highest BCUT2D eigenvalue weighted by atomic mass is 16.5. The lowest BCUT2D eigenvalue weighted by Crippen LogP contribution is -2.30. The number of methoxy groups -OCH3 is 1. The SMILES string of the molecule is COC(=O)C(O)C(O)c1cc(C)ccc1C(=O)O. The Morgan fingerprint density at radius 3 is 2.39 bits per heavy atom. The van der Waals surface area contributed by atoms with E-state index in [0.29, 0.717) is 5.56 Å². The van der Waals surface area contributed by atoms with E-state index >= 15 is 0 Å². The lowest BCUT2D eigenvalue weighted by Gasteiger charge is -2.18. The van der Waals surface area contributed by atoms with E-state index in [-0.39, 0.29) is 11.1 Å². The van der Waals surface area contributed by atoms with E-state index in [9.17, 15) is 19.8 Å². The van der Waals surface area contributed by atoms with Crippen molar-refractivity contribution < 1.29 is 29.6 Å². The zero-order valence-electron chi connectivity index (χ0n) is 9.95. The molecule has 2 atom stereocenters. The van der Waals surface area contributed by atoms with Crippen LogP contribution in [-0.4, -0.2) is 40.5 Å². The monoisotopic (exact) mass is 254 g/mol. The fraction of sp³-hybridized carbons (Fsp3) is 0.333. The van der Waals surface area contributed by atoms with Crippen LogP contribution >= 0.6 is 0 Å². The van der Waals surface area contributed by atoms with Gasteiger partial charge in [-0.1, -0.05) is 17.7 Å². The van der Waals surface area contributed by atoms with E-state index < -0.39 is 24.1 Å². The zero-order valence-corrected chi connectivity index (χ0v) is 9.95. The van der Waals surface area contributed by atoms with Crippen molar-refractivity contribution in [3.63, 3.8) is 0 Å². The highest BCUT2D eigenvalue weighted by Crippen LogP contribution is 2.23. The van der Waals surface area contributed by atoms with Gasteiger partial charge in [0.15, 0.2) is 6.10 Å². The van der Waals surface area contributed by atoms with Crippen molar-refractivity contribution in [1.82, 2.24) is 0 Å². The van der Waals surface area contributed by atoms with Crippen LogP contribution in [0.4, 0.5) is 0 Å². The van der Waals surface area contributed by atoms with Crippen molar-refractivity contribution in [2.24, 2.45) is 0 Å². The predicted octanol–water partition coefficient (Wildman–Crippen LogP) is 0.261. The van der Waals surface area contributed by atoms with Gasteiger partial charge in [-0.2, -0.15) is 0 Å². The summed E-state index contributed by atoms with van der Waals surface area (Å²) in [6.07, 6.45) is -3.47. The molecule has 6 nitrogen and oxygen atoms in total. The van der Waals surface area contributed by atoms with Gasteiger partial charge in [-0.25, -0.2) is 9.59 Å². The number of carboxylic acids is 1. The number of carbonyl (C=O) groups is 2. The van der Waals surface area contributed by atoms with Crippen LogP contribution in [0.1, 0.15) is 27.6 Å². The molecule has 0 aliphatic heterocycles. The molecule has 0 aromatic heterocycles. The van der Waals surface area contributed by atoms with E-state index in [1.165, 1.54) is 12.1 Å². The Hall–Kier alpha value is -1.92. The molecule has 0 saturated heterocycles. The molecule has 0 heterocycles. The minimum absolute atomic E-state index is 0.0274. The van der Waals surface area contributed by atoms with Crippen LogP contribution in [-0.2, 0) is 9.53 Å². The maximum atomic E-state index is 11.1. The van der Waals surface area contributed by atoms with E-state index in [2.05, 4.69) is 4.74 Å². The van der Waals surface area contributed by atoms with Gasteiger partial charge in [-0.15, -0.1) is 0 Å². The normalized spacial score (nSPS) is 13.8. The molecule has 6 heteroatoms. The summed E-state index contributed by atoms with van der Waals surface area (Å²) in [6, 6.07) is 4.27.